The Balaban J connectivity index is 0.00000289. The van der Waals surface area contributed by atoms with Crippen molar-refractivity contribution in [1.29, 1.82) is 0 Å². The Labute approximate surface area is 192 Å². The predicted molar refractivity (Wildman–Crippen MR) is 123 cm³/mol. The maximum absolute atomic E-state index is 13.0. The van der Waals surface area contributed by atoms with E-state index in [-0.39, 0.29) is 43.4 Å². The van der Waals surface area contributed by atoms with Gasteiger partial charge in [0, 0.05) is 31.6 Å². The highest BCUT2D eigenvalue weighted by molar-refractivity contribution is 5.86. The van der Waals surface area contributed by atoms with Gasteiger partial charge in [0.1, 0.15) is 0 Å². The summed E-state index contributed by atoms with van der Waals surface area (Å²) in [4.78, 5) is 12.8. The second-order valence-corrected chi connectivity index (χ2v) is 8.18. The number of halogens is 4. The van der Waals surface area contributed by atoms with Gasteiger partial charge < -0.3 is 10.2 Å². The number of fused-ring (bicyclic) bond motifs is 1. The first-order valence-electron chi connectivity index (χ1n) is 10.5. The van der Waals surface area contributed by atoms with Crippen LogP contribution in [0.2, 0.25) is 0 Å². The lowest BCUT2D eigenvalue weighted by Gasteiger charge is -2.23. The minimum Gasteiger partial charge on any atom is -0.334 e. The maximum Gasteiger partial charge on any atom is 0.471 e. The summed E-state index contributed by atoms with van der Waals surface area (Å²) >= 11 is 0. The molecule has 1 heterocycles. The van der Waals surface area contributed by atoms with Crippen molar-refractivity contribution >= 4 is 29.1 Å². The van der Waals surface area contributed by atoms with Gasteiger partial charge >= 0.3 is 12.1 Å². The molecule has 3 aromatic carbocycles. The molecule has 4 rings (SSSR count). The van der Waals surface area contributed by atoms with E-state index in [1.54, 1.807) is 0 Å². The summed E-state index contributed by atoms with van der Waals surface area (Å²) in [6.45, 7) is 2.75. The average molecular weight is 463 g/mol. The molecule has 1 aliphatic heterocycles. The summed E-state index contributed by atoms with van der Waals surface area (Å²) in [5.74, 6) is -2.00. The third-order valence-electron chi connectivity index (χ3n) is 6.17. The van der Waals surface area contributed by atoms with Crippen molar-refractivity contribution in [1.82, 2.24) is 10.2 Å². The molecule has 3 nitrogen and oxygen atoms in total. The van der Waals surface area contributed by atoms with Crippen LogP contribution in [0, 0.1) is 5.92 Å². The van der Waals surface area contributed by atoms with Gasteiger partial charge in [-0.2, -0.15) is 13.2 Å². The molecule has 1 fully saturated rings. The number of amides is 1. The molecule has 0 bridgehead atoms. The molecule has 7 heteroatoms. The fourth-order valence-electron chi connectivity index (χ4n) is 4.57. The molecule has 3 atom stereocenters. The summed E-state index contributed by atoms with van der Waals surface area (Å²) in [7, 11) is 0. The highest BCUT2D eigenvalue weighted by Crippen LogP contribution is 2.35. The summed E-state index contributed by atoms with van der Waals surface area (Å²) < 4.78 is 39.1. The van der Waals surface area contributed by atoms with Crippen LogP contribution in [0.5, 0.6) is 0 Å². The number of nitrogens with zero attached hydrogens (tertiary/aromatic N) is 1. The number of nitrogens with one attached hydrogen (secondary N) is 1. The van der Waals surface area contributed by atoms with Crippen molar-refractivity contribution < 1.29 is 18.0 Å². The molecule has 0 aliphatic carbocycles. The van der Waals surface area contributed by atoms with Gasteiger partial charge in [-0.05, 0) is 34.7 Å². The molecule has 1 amide bonds. The lowest BCUT2D eigenvalue weighted by Crippen LogP contribution is -2.40. The largest absolute Gasteiger partial charge is 0.471 e. The van der Waals surface area contributed by atoms with Gasteiger partial charge in [0.15, 0.2) is 0 Å². The quantitative estimate of drug-likeness (QED) is 0.526. The highest BCUT2D eigenvalue weighted by Gasteiger charge is 2.47. The molecular formula is C25H26ClF3N2O. The topological polar surface area (TPSA) is 32.3 Å². The molecule has 3 aromatic rings. The Morgan fingerprint density at radius 3 is 2.38 bits per heavy atom. The molecule has 0 radical (unpaired) electrons. The van der Waals surface area contributed by atoms with Crippen molar-refractivity contribution in [2.75, 3.05) is 19.6 Å². The summed E-state index contributed by atoms with van der Waals surface area (Å²) in [6.07, 6.45) is -4.85. The fraction of sp³-hybridized carbons (Fsp3) is 0.320. The van der Waals surface area contributed by atoms with E-state index in [0.717, 1.165) is 26.8 Å². The SMILES string of the molecule is C[C@@H](NCC1CN(C(=O)C(F)(F)F)CC1c1ccccc1)c1cccc2ccccc12.Cl. The van der Waals surface area contributed by atoms with Gasteiger partial charge in [-0.25, -0.2) is 0 Å². The smallest absolute Gasteiger partial charge is 0.334 e. The second kappa shape index (κ2) is 9.92. The number of alkyl halides is 3. The van der Waals surface area contributed by atoms with Crippen molar-refractivity contribution in [3.05, 3.63) is 83.9 Å². The monoisotopic (exact) mass is 462 g/mol. The van der Waals surface area contributed by atoms with E-state index in [2.05, 4.69) is 36.5 Å². The second-order valence-electron chi connectivity index (χ2n) is 8.18. The molecule has 0 aromatic heterocycles. The molecule has 0 saturated carbocycles. The number of likely N-dealkylation sites (tertiary alicyclic amines) is 1. The van der Waals surface area contributed by atoms with Gasteiger partial charge in [0.25, 0.3) is 0 Å². The minimum atomic E-state index is -4.85. The molecule has 2 unspecified atom stereocenters. The zero-order valence-corrected chi connectivity index (χ0v) is 18.5. The van der Waals surface area contributed by atoms with Crippen LogP contribution in [0.3, 0.4) is 0 Å². The number of hydrogen-bond acceptors (Lipinski definition) is 2. The molecular weight excluding hydrogens is 437 g/mol. The average Bonchev–Trinajstić information content (AvgIpc) is 3.20. The normalized spacial score (nSPS) is 19.6. The van der Waals surface area contributed by atoms with Gasteiger partial charge in [0.2, 0.25) is 0 Å². The van der Waals surface area contributed by atoms with Crippen LogP contribution >= 0.6 is 12.4 Å². The third-order valence-corrected chi connectivity index (χ3v) is 6.17. The zero-order chi connectivity index (χ0) is 22.0. The van der Waals surface area contributed by atoms with E-state index in [0.29, 0.717) is 6.54 Å². The lowest BCUT2D eigenvalue weighted by molar-refractivity contribution is -0.184. The van der Waals surface area contributed by atoms with Crippen LogP contribution in [-0.2, 0) is 4.79 Å². The first kappa shape index (κ1) is 24.1. The Kier molecular flexibility index (Phi) is 7.47. The summed E-state index contributed by atoms with van der Waals surface area (Å²) in [5, 5.41) is 5.82. The summed E-state index contributed by atoms with van der Waals surface area (Å²) in [5.41, 5.74) is 2.11. The molecule has 0 spiro atoms. The van der Waals surface area contributed by atoms with Crippen LogP contribution in [0.4, 0.5) is 13.2 Å². The molecule has 32 heavy (non-hydrogen) atoms. The van der Waals surface area contributed by atoms with E-state index < -0.39 is 12.1 Å². The predicted octanol–water partition coefficient (Wildman–Crippen LogP) is 5.72. The Hall–Kier alpha value is -2.57. The number of carbonyl (C=O) groups is 1. The number of carbonyl (C=O) groups excluding carboxylic acids is 1. The number of rotatable bonds is 5. The Morgan fingerprint density at radius 1 is 1.00 bits per heavy atom. The van der Waals surface area contributed by atoms with E-state index in [4.69, 9.17) is 0 Å². The van der Waals surface area contributed by atoms with Crippen LogP contribution in [0.1, 0.15) is 30.0 Å². The van der Waals surface area contributed by atoms with Gasteiger partial charge in [-0.3, -0.25) is 4.79 Å². The van der Waals surface area contributed by atoms with E-state index in [9.17, 15) is 18.0 Å². The Morgan fingerprint density at radius 2 is 1.66 bits per heavy atom. The van der Waals surface area contributed by atoms with Crippen LogP contribution < -0.4 is 5.32 Å². The maximum atomic E-state index is 13.0. The zero-order valence-electron chi connectivity index (χ0n) is 17.7. The molecule has 1 aliphatic rings. The van der Waals surface area contributed by atoms with Crippen LogP contribution in [-0.4, -0.2) is 36.6 Å². The minimum absolute atomic E-state index is 0. The van der Waals surface area contributed by atoms with Crippen molar-refractivity contribution in [3.8, 4) is 0 Å². The molecule has 1 saturated heterocycles. The first-order valence-corrected chi connectivity index (χ1v) is 10.5. The van der Waals surface area contributed by atoms with E-state index >= 15 is 0 Å². The van der Waals surface area contributed by atoms with Crippen molar-refractivity contribution in [2.24, 2.45) is 5.92 Å². The van der Waals surface area contributed by atoms with Crippen molar-refractivity contribution in [2.45, 2.75) is 25.1 Å². The standard InChI is InChI=1S/C25H25F3N2O.ClH/c1-17(21-13-7-11-18-10-5-6-12-22(18)21)29-14-20-15-30(24(31)25(26,27)28)16-23(20)19-8-3-2-4-9-19;/h2-13,17,20,23,29H,14-16H2,1H3;1H/t17-,20?,23?;/m1./s1. The van der Waals surface area contributed by atoms with E-state index in [1.165, 1.54) is 0 Å². The number of hydrogen-bond donors (Lipinski definition) is 1. The lowest BCUT2D eigenvalue weighted by atomic mass is 9.88. The first-order chi connectivity index (χ1) is 14.8. The molecule has 170 valence electrons. The Bertz CT molecular complexity index is 1050. The fourth-order valence-corrected chi connectivity index (χ4v) is 4.57. The van der Waals surface area contributed by atoms with Gasteiger partial charge in [0.05, 0.1) is 0 Å². The van der Waals surface area contributed by atoms with Crippen LogP contribution in [0.15, 0.2) is 72.8 Å². The summed E-state index contributed by atoms with van der Waals surface area (Å²) in [6, 6.07) is 23.8. The van der Waals surface area contributed by atoms with Crippen LogP contribution in [0.25, 0.3) is 10.8 Å². The molecule has 1 N–H and O–H groups in total. The van der Waals surface area contributed by atoms with Gasteiger partial charge in [-0.15, -0.1) is 12.4 Å². The highest BCUT2D eigenvalue weighted by atomic mass is 35.5. The van der Waals surface area contributed by atoms with Gasteiger partial charge in [-0.1, -0.05) is 72.8 Å². The number of benzene rings is 3. The third kappa shape index (κ3) is 5.08. The van der Waals surface area contributed by atoms with Crippen molar-refractivity contribution in [3.63, 3.8) is 0 Å². The van der Waals surface area contributed by atoms with E-state index in [1.807, 2.05) is 48.5 Å².